The first kappa shape index (κ1) is 6.94. The molecule has 0 N–H and O–H groups in total. The zero-order valence-electron chi connectivity index (χ0n) is 7.88. The summed E-state index contributed by atoms with van der Waals surface area (Å²) >= 11 is 0. The van der Waals surface area contributed by atoms with Crippen molar-refractivity contribution in [3.05, 3.63) is 23.3 Å². The number of fused-ring (bicyclic) bond motifs is 5. The molecule has 3 rings (SSSR count). The fraction of sp³-hybridized carbons (Fsp3) is 0.667. The van der Waals surface area contributed by atoms with E-state index in [1.165, 1.54) is 12.8 Å². The molecule has 3 aliphatic carbocycles. The van der Waals surface area contributed by atoms with Gasteiger partial charge in [-0.15, -0.1) is 0 Å². The maximum absolute atomic E-state index is 2.55. The highest BCUT2D eigenvalue weighted by Gasteiger charge is 2.47. The van der Waals surface area contributed by atoms with Gasteiger partial charge in [0, 0.05) is 0 Å². The summed E-state index contributed by atoms with van der Waals surface area (Å²) in [5.74, 6) is 3.80. The van der Waals surface area contributed by atoms with Gasteiger partial charge in [0.1, 0.15) is 0 Å². The monoisotopic (exact) mass is 160 g/mol. The molecule has 3 aliphatic rings. The number of hydrogen-bond donors (Lipinski definition) is 0. The van der Waals surface area contributed by atoms with E-state index in [0.29, 0.717) is 0 Å². The van der Waals surface area contributed by atoms with Crippen LogP contribution in [0.1, 0.15) is 26.7 Å². The Bertz CT molecular complexity index is 282. The van der Waals surface area contributed by atoms with Crippen LogP contribution in [-0.2, 0) is 0 Å². The molecule has 0 aliphatic heterocycles. The number of allylic oxidation sites excluding steroid dienone is 4. The Hall–Kier alpha value is -0.520. The van der Waals surface area contributed by atoms with E-state index in [1.807, 2.05) is 0 Å². The van der Waals surface area contributed by atoms with E-state index < -0.39 is 0 Å². The Kier molecular flexibility index (Phi) is 1.18. The average molecular weight is 160 g/mol. The lowest BCUT2D eigenvalue weighted by atomic mass is 9.82. The van der Waals surface area contributed by atoms with Crippen LogP contribution in [0.2, 0.25) is 0 Å². The van der Waals surface area contributed by atoms with E-state index in [2.05, 4.69) is 26.0 Å². The number of rotatable bonds is 0. The first-order valence-electron chi connectivity index (χ1n) is 5.11. The summed E-state index contributed by atoms with van der Waals surface area (Å²) in [6.07, 6.45) is 7.94. The summed E-state index contributed by atoms with van der Waals surface area (Å²) in [4.78, 5) is 0. The zero-order valence-corrected chi connectivity index (χ0v) is 7.88. The van der Waals surface area contributed by atoms with Crippen LogP contribution in [0.4, 0.5) is 0 Å². The molecule has 0 nitrogen and oxygen atoms in total. The second-order valence-electron chi connectivity index (χ2n) is 4.88. The first-order valence-corrected chi connectivity index (χ1v) is 5.11. The van der Waals surface area contributed by atoms with Crippen molar-refractivity contribution >= 4 is 0 Å². The fourth-order valence-electron chi connectivity index (χ4n) is 3.65. The van der Waals surface area contributed by atoms with Crippen LogP contribution < -0.4 is 0 Å². The van der Waals surface area contributed by atoms with Gasteiger partial charge in [0.25, 0.3) is 0 Å². The van der Waals surface area contributed by atoms with Gasteiger partial charge in [0.2, 0.25) is 0 Å². The fourth-order valence-corrected chi connectivity index (χ4v) is 3.65. The topological polar surface area (TPSA) is 0 Å². The smallest absolute Gasteiger partial charge is 0.0128 e. The van der Waals surface area contributed by atoms with Crippen molar-refractivity contribution in [3.63, 3.8) is 0 Å². The molecule has 0 radical (unpaired) electrons. The van der Waals surface area contributed by atoms with Crippen molar-refractivity contribution in [1.82, 2.24) is 0 Å². The Morgan fingerprint density at radius 2 is 2.08 bits per heavy atom. The first-order chi connectivity index (χ1) is 5.75. The zero-order chi connectivity index (χ0) is 8.29. The summed E-state index contributed by atoms with van der Waals surface area (Å²) in [5.41, 5.74) is 3.31. The lowest BCUT2D eigenvalue weighted by Gasteiger charge is -2.22. The van der Waals surface area contributed by atoms with Crippen LogP contribution in [0.5, 0.6) is 0 Å². The molecular formula is C12H16. The molecule has 4 atom stereocenters. The molecule has 0 spiro atoms. The van der Waals surface area contributed by atoms with Crippen molar-refractivity contribution in [3.8, 4) is 0 Å². The van der Waals surface area contributed by atoms with Gasteiger partial charge in [-0.1, -0.05) is 23.3 Å². The Balaban J connectivity index is 2.00. The Morgan fingerprint density at radius 3 is 2.92 bits per heavy atom. The standard InChI is InChI=1S/C12H16/c1-7-3-11-9-5-8(2)10(6-9)12(11)4-7/h4-5,9-12H,3,6H2,1-2H3/t9-,10-,11?,12?/m1/s1. The Labute approximate surface area is 74.4 Å². The van der Waals surface area contributed by atoms with Crippen molar-refractivity contribution in [2.24, 2.45) is 23.7 Å². The summed E-state index contributed by atoms with van der Waals surface area (Å²) < 4.78 is 0. The third-order valence-electron chi connectivity index (χ3n) is 4.13. The summed E-state index contributed by atoms with van der Waals surface area (Å²) in [6, 6.07) is 0. The molecule has 64 valence electrons. The highest BCUT2D eigenvalue weighted by molar-refractivity contribution is 5.29. The van der Waals surface area contributed by atoms with E-state index in [-0.39, 0.29) is 0 Å². The Morgan fingerprint density at radius 1 is 1.25 bits per heavy atom. The van der Waals surface area contributed by atoms with Crippen molar-refractivity contribution in [2.45, 2.75) is 26.7 Å². The highest BCUT2D eigenvalue weighted by atomic mass is 14.5. The minimum Gasteiger partial charge on any atom is -0.0819 e. The maximum Gasteiger partial charge on any atom is -0.0128 e. The maximum atomic E-state index is 2.55. The summed E-state index contributed by atoms with van der Waals surface area (Å²) in [5, 5.41) is 0. The third-order valence-corrected chi connectivity index (χ3v) is 4.13. The molecular weight excluding hydrogens is 144 g/mol. The second kappa shape index (κ2) is 2.04. The van der Waals surface area contributed by atoms with Crippen LogP contribution in [0, 0.1) is 23.7 Å². The van der Waals surface area contributed by atoms with E-state index in [4.69, 9.17) is 0 Å². The van der Waals surface area contributed by atoms with Gasteiger partial charge in [0.05, 0.1) is 0 Å². The molecule has 1 fully saturated rings. The molecule has 0 heteroatoms. The van der Waals surface area contributed by atoms with Gasteiger partial charge in [-0.3, -0.25) is 0 Å². The average Bonchev–Trinajstić information content (AvgIpc) is 2.57. The van der Waals surface area contributed by atoms with Crippen LogP contribution in [-0.4, -0.2) is 0 Å². The van der Waals surface area contributed by atoms with Crippen LogP contribution in [0.25, 0.3) is 0 Å². The van der Waals surface area contributed by atoms with E-state index in [9.17, 15) is 0 Å². The summed E-state index contributed by atoms with van der Waals surface area (Å²) in [7, 11) is 0. The molecule has 0 heterocycles. The molecule has 0 aromatic carbocycles. The molecule has 0 aromatic heterocycles. The van der Waals surface area contributed by atoms with Gasteiger partial charge in [-0.2, -0.15) is 0 Å². The quantitative estimate of drug-likeness (QED) is 0.477. The van der Waals surface area contributed by atoms with Gasteiger partial charge in [-0.25, -0.2) is 0 Å². The molecule has 1 saturated carbocycles. The summed E-state index contributed by atoms with van der Waals surface area (Å²) in [6.45, 7) is 4.62. The lowest BCUT2D eigenvalue weighted by molar-refractivity contribution is 0.386. The lowest BCUT2D eigenvalue weighted by Crippen LogP contribution is -2.15. The molecule has 0 saturated heterocycles. The minimum absolute atomic E-state index is 0.928. The predicted octanol–water partition coefficient (Wildman–Crippen LogP) is 3.16. The van der Waals surface area contributed by atoms with Gasteiger partial charge in [0.15, 0.2) is 0 Å². The number of hydrogen-bond acceptors (Lipinski definition) is 0. The predicted molar refractivity (Wildman–Crippen MR) is 50.7 cm³/mol. The van der Waals surface area contributed by atoms with Gasteiger partial charge < -0.3 is 0 Å². The van der Waals surface area contributed by atoms with E-state index >= 15 is 0 Å². The van der Waals surface area contributed by atoms with Gasteiger partial charge >= 0.3 is 0 Å². The van der Waals surface area contributed by atoms with E-state index in [0.717, 1.165) is 23.7 Å². The van der Waals surface area contributed by atoms with Crippen LogP contribution >= 0.6 is 0 Å². The third kappa shape index (κ3) is 0.688. The molecule has 12 heavy (non-hydrogen) atoms. The van der Waals surface area contributed by atoms with Gasteiger partial charge in [-0.05, 0) is 50.4 Å². The molecule has 2 unspecified atom stereocenters. The molecule has 0 aromatic rings. The van der Waals surface area contributed by atoms with E-state index in [1.54, 1.807) is 11.1 Å². The van der Waals surface area contributed by atoms with Crippen molar-refractivity contribution in [2.75, 3.05) is 0 Å². The molecule has 0 amide bonds. The SMILES string of the molecule is CC1=CC2C(C1)[C@@H]1C=C(C)[C@H]2C1. The van der Waals surface area contributed by atoms with Crippen molar-refractivity contribution < 1.29 is 0 Å². The second-order valence-corrected chi connectivity index (χ2v) is 4.88. The highest BCUT2D eigenvalue weighted by Crippen LogP contribution is 2.56. The van der Waals surface area contributed by atoms with Crippen molar-refractivity contribution in [1.29, 1.82) is 0 Å². The molecule has 2 bridgehead atoms. The van der Waals surface area contributed by atoms with Crippen LogP contribution in [0.15, 0.2) is 23.3 Å². The largest absolute Gasteiger partial charge is 0.0819 e. The minimum atomic E-state index is 0.928. The normalized spacial score (nSPS) is 49.2. The van der Waals surface area contributed by atoms with Crippen LogP contribution in [0.3, 0.4) is 0 Å².